The van der Waals surface area contributed by atoms with E-state index in [4.69, 9.17) is 21.4 Å². The van der Waals surface area contributed by atoms with Crippen molar-refractivity contribution in [1.29, 1.82) is 0 Å². The maximum absolute atomic E-state index is 11.8. The van der Waals surface area contributed by atoms with Crippen LogP contribution in [0.25, 0.3) is 0 Å². The molecule has 1 aromatic rings. The van der Waals surface area contributed by atoms with Crippen LogP contribution in [-0.4, -0.2) is 41.6 Å². The molecule has 0 aromatic heterocycles. The highest BCUT2D eigenvalue weighted by atomic mass is 79.9. The third kappa shape index (κ3) is 4.68. The van der Waals surface area contributed by atoms with Crippen LogP contribution in [0.3, 0.4) is 0 Å². The lowest BCUT2D eigenvalue weighted by atomic mass is 10.2. The van der Waals surface area contributed by atoms with Crippen molar-refractivity contribution in [1.82, 2.24) is 4.90 Å². The van der Waals surface area contributed by atoms with Gasteiger partial charge in [0, 0.05) is 12.1 Å². The molecule has 0 bridgehead atoms. The summed E-state index contributed by atoms with van der Waals surface area (Å²) in [6.07, 6.45) is 0.100. The molecule has 110 valence electrons. The molecule has 0 saturated heterocycles. The van der Waals surface area contributed by atoms with Gasteiger partial charge in [-0.1, -0.05) is 11.6 Å². The van der Waals surface area contributed by atoms with Gasteiger partial charge >= 0.3 is 5.97 Å². The van der Waals surface area contributed by atoms with Gasteiger partial charge in [-0.15, -0.1) is 0 Å². The minimum atomic E-state index is -1.04. The number of aliphatic carboxylic acids is 1. The van der Waals surface area contributed by atoms with Crippen molar-refractivity contribution in [2.45, 2.75) is 19.4 Å². The predicted octanol–water partition coefficient (Wildman–Crippen LogP) is 2.80. The zero-order chi connectivity index (χ0) is 15.3. The van der Waals surface area contributed by atoms with Crippen molar-refractivity contribution in [2.75, 3.05) is 13.7 Å². The van der Waals surface area contributed by atoms with E-state index in [1.54, 1.807) is 18.2 Å². The Morgan fingerprint density at radius 3 is 2.70 bits per heavy atom. The molecule has 7 heteroatoms. The standard InChI is InChI=1S/C13H15BrClNO4/c1-8(13(18)19)16(2)12(17)5-6-20-11-4-3-9(15)7-10(11)14/h3-4,7-8H,5-6H2,1-2H3,(H,18,19). The third-order valence-electron chi connectivity index (χ3n) is 2.80. The molecule has 1 atom stereocenters. The Kier molecular flexibility index (Phi) is 6.29. The van der Waals surface area contributed by atoms with E-state index in [2.05, 4.69) is 15.9 Å². The first-order valence-corrected chi connectivity index (χ1v) is 7.06. The molecule has 1 amide bonds. The van der Waals surface area contributed by atoms with Crippen molar-refractivity contribution in [2.24, 2.45) is 0 Å². The van der Waals surface area contributed by atoms with Gasteiger partial charge < -0.3 is 14.7 Å². The molecular weight excluding hydrogens is 350 g/mol. The molecule has 0 spiro atoms. The minimum Gasteiger partial charge on any atom is -0.492 e. The van der Waals surface area contributed by atoms with Crippen LogP contribution in [0.1, 0.15) is 13.3 Å². The SMILES string of the molecule is CC(C(=O)O)N(C)C(=O)CCOc1ccc(Cl)cc1Br. The summed E-state index contributed by atoms with van der Waals surface area (Å²) in [4.78, 5) is 23.7. The van der Waals surface area contributed by atoms with Crippen LogP contribution >= 0.6 is 27.5 Å². The van der Waals surface area contributed by atoms with Gasteiger partial charge in [-0.2, -0.15) is 0 Å². The Labute approximate surface area is 130 Å². The van der Waals surface area contributed by atoms with E-state index in [-0.39, 0.29) is 18.9 Å². The van der Waals surface area contributed by atoms with Crippen LogP contribution in [0.4, 0.5) is 0 Å². The number of carboxylic acids is 1. The number of carbonyl (C=O) groups excluding carboxylic acids is 1. The van der Waals surface area contributed by atoms with Gasteiger partial charge in [0.1, 0.15) is 11.8 Å². The summed E-state index contributed by atoms with van der Waals surface area (Å²) < 4.78 is 6.15. The van der Waals surface area contributed by atoms with Crippen LogP contribution in [0, 0.1) is 0 Å². The maximum atomic E-state index is 11.8. The van der Waals surface area contributed by atoms with Crippen LogP contribution in [0.5, 0.6) is 5.75 Å². The highest BCUT2D eigenvalue weighted by molar-refractivity contribution is 9.10. The Balaban J connectivity index is 2.48. The predicted molar refractivity (Wildman–Crippen MR) is 79.1 cm³/mol. The summed E-state index contributed by atoms with van der Waals surface area (Å²) in [5.41, 5.74) is 0. The first kappa shape index (κ1) is 16.8. The fraction of sp³-hybridized carbons (Fsp3) is 0.385. The van der Waals surface area contributed by atoms with Crippen LogP contribution < -0.4 is 4.74 Å². The highest BCUT2D eigenvalue weighted by Gasteiger charge is 2.21. The van der Waals surface area contributed by atoms with Gasteiger partial charge in [-0.3, -0.25) is 4.79 Å². The van der Waals surface area contributed by atoms with E-state index in [9.17, 15) is 9.59 Å². The zero-order valence-electron chi connectivity index (χ0n) is 11.1. The van der Waals surface area contributed by atoms with Crippen LogP contribution in [0.2, 0.25) is 5.02 Å². The Morgan fingerprint density at radius 2 is 2.15 bits per heavy atom. The summed E-state index contributed by atoms with van der Waals surface area (Å²) in [6.45, 7) is 1.62. The first-order valence-electron chi connectivity index (χ1n) is 5.89. The number of nitrogens with zero attached hydrogens (tertiary/aromatic N) is 1. The van der Waals surface area contributed by atoms with Crippen molar-refractivity contribution >= 4 is 39.4 Å². The van der Waals surface area contributed by atoms with Gasteiger partial charge in [-0.05, 0) is 41.1 Å². The van der Waals surface area contributed by atoms with Crippen LogP contribution in [-0.2, 0) is 9.59 Å². The summed E-state index contributed by atoms with van der Waals surface area (Å²) in [6, 6.07) is 4.21. The molecule has 0 aliphatic heterocycles. The molecule has 1 aromatic carbocycles. The Bertz CT molecular complexity index is 509. The van der Waals surface area contributed by atoms with E-state index in [0.717, 1.165) is 0 Å². The molecular formula is C13H15BrClNO4. The van der Waals surface area contributed by atoms with Crippen molar-refractivity contribution in [3.63, 3.8) is 0 Å². The summed E-state index contributed by atoms with van der Waals surface area (Å²) in [5.74, 6) is -0.747. The molecule has 1 unspecified atom stereocenters. The second-order valence-corrected chi connectivity index (χ2v) is 5.48. The van der Waals surface area contributed by atoms with Crippen molar-refractivity contribution in [3.05, 3.63) is 27.7 Å². The van der Waals surface area contributed by atoms with Gasteiger partial charge in [0.05, 0.1) is 17.5 Å². The summed E-state index contributed by atoms with van der Waals surface area (Å²) >= 11 is 9.11. The number of rotatable bonds is 6. The molecule has 20 heavy (non-hydrogen) atoms. The van der Waals surface area contributed by atoms with Crippen molar-refractivity contribution < 1.29 is 19.4 Å². The third-order valence-corrected chi connectivity index (χ3v) is 3.65. The molecule has 5 nitrogen and oxygen atoms in total. The minimum absolute atomic E-state index is 0.100. The van der Waals surface area contributed by atoms with E-state index < -0.39 is 12.0 Å². The summed E-state index contributed by atoms with van der Waals surface area (Å²) in [7, 11) is 1.46. The fourth-order valence-electron chi connectivity index (χ4n) is 1.40. The number of benzene rings is 1. The van der Waals surface area contributed by atoms with Gasteiger partial charge in [0.2, 0.25) is 5.91 Å². The van der Waals surface area contributed by atoms with E-state index >= 15 is 0 Å². The zero-order valence-corrected chi connectivity index (χ0v) is 13.4. The highest BCUT2D eigenvalue weighted by Crippen LogP contribution is 2.28. The number of ether oxygens (including phenoxy) is 1. The van der Waals surface area contributed by atoms with Gasteiger partial charge in [0.15, 0.2) is 0 Å². The number of carboxylic acid groups (broad SMARTS) is 1. The Hall–Kier alpha value is -1.27. The normalized spacial score (nSPS) is 11.8. The number of hydrogen-bond donors (Lipinski definition) is 1. The topological polar surface area (TPSA) is 66.8 Å². The molecule has 0 radical (unpaired) electrons. The molecule has 1 rings (SSSR count). The molecule has 1 N–H and O–H groups in total. The van der Waals surface area contributed by atoms with E-state index in [1.165, 1.54) is 18.9 Å². The molecule has 0 heterocycles. The second-order valence-electron chi connectivity index (χ2n) is 4.19. The lowest BCUT2D eigenvalue weighted by Gasteiger charge is -2.21. The van der Waals surface area contributed by atoms with E-state index in [0.29, 0.717) is 15.2 Å². The number of amides is 1. The quantitative estimate of drug-likeness (QED) is 0.843. The molecule has 0 saturated carbocycles. The lowest BCUT2D eigenvalue weighted by Crippen LogP contribution is -2.40. The number of likely N-dealkylation sites (N-methyl/N-ethyl adjacent to an activating group) is 1. The van der Waals surface area contributed by atoms with Crippen molar-refractivity contribution in [3.8, 4) is 5.75 Å². The number of hydrogen-bond acceptors (Lipinski definition) is 3. The summed E-state index contributed by atoms with van der Waals surface area (Å²) in [5, 5.41) is 9.40. The number of carbonyl (C=O) groups is 2. The van der Waals surface area contributed by atoms with Gasteiger partial charge in [0.25, 0.3) is 0 Å². The largest absolute Gasteiger partial charge is 0.492 e. The lowest BCUT2D eigenvalue weighted by molar-refractivity contribution is -0.148. The fourth-order valence-corrected chi connectivity index (χ4v) is 2.20. The first-order chi connectivity index (χ1) is 9.32. The maximum Gasteiger partial charge on any atom is 0.326 e. The molecule has 0 fully saturated rings. The smallest absolute Gasteiger partial charge is 0.326 e. The Morgan fingerprint density at radius 1 is 1.50 bits per heavy atom. The second kappa shape index (κ2) is 7.50. The monoisotopic (exact) mass is 363 g/mol. The number of halogens is 2. The van der Waals surface area contributed by atoms with Gasteiger partial charge in [-0.25, -0.2) is 4.79 Å². The molecule has 0 aliphatic rings. The average molecular weight is 365 g/mol. The van der Waals surface area contributed by atoms with E-state index in [1.807, 2.05) is 0 Å². The molecule has 0 aliphatic carbocycles. The average Bonchev–Trinajstić information content (AvgIpc) is 2.39. The van der Waals surface area contributed by atoms with Crippen LogP contribution in [0.15, 0.2) is 22.7 Å².